The number of methoxy groups -OCH3 is 2. The van der Waals surface area contributed by atoms with Crippen LogP contribution in [0.4, 0.5) is 4.39 Å². The number of thiazole rings is 1. The van der Waals surface area contributed by atoms with Crippen molar-refractivity contribution in [2.45, 2.75) is 0 Å². The van der Waals surface area contributed by atoms with Crippen molar-refractivity contribution in [3.05, 3.63) is 80.1 Å². The molecule has 4 aromatic rings. The Morgan fingerprint density at radius 3 is 2.41 bits per heavy atom. The molecule has 4 rings (SSSR count). The quantitative estimate of drug-likeness (QED) is 0.507. The molecule has 0 bridgehead atoms. The van der Waals surface area contributed by atoms with Gasteiger partial charge in [0.2, 0.25) is 4.96 Å². The third-order valence-corrected chi connectivity index (χ3v) is 5.16. The highest BCUT2D eigenvalue weighted by atomic mass is 32.1. The first-order valence-corrected chi connectivity index (χ1v) is 9.46. The van der Waals surface area contributed by atoms with Crippen LogP contribution in [0.25, 0.3) is 23.2 Å². The number of rotatable bonds is 5. The molecule has 0 fully saturated rings. The van der Waals surface area contributed by atoms with Crippen molar-refractivity contribution in [1.29, 1.82) is 0 Å². The lowest BCUT2D eigenvalue weighted by molar-refractivity contribution is 0.355. The standard InChI is InChI=1S/C21H16FN3O3S/c1-27-16-9-5-14(11-17(16)28-2)12-18-20(26)25-21(29-18)23-19(24-25)10-6-13-3-7-15(22)8-4-13/h3-12H,1-2H3. The SMILES string of the molecule is COc1ccc(C=c2sc3nc(C=Cc4ccc(F)cc4)nn3c2=O)cc1OC. The maximum Gasteiger partial charge on any atom is 0.291 e. The van der Waals surface area contributed by atoms with E-state index in [2.05, 4.69) is 10.1 Å². The van der Waals surface area contributed by atoms with Gasteiger partial charge in [-0.3, -0.25) is 4.79 Å². The molecule has 6 nitrogen and oxygen atoms in total. The van der Waals surface area contributed by atoms with Crippen molar-refractivity contribution in [2.24, 2.45) is 0 Å². The summed E-state index contributed by atoms with van der Waals surface area (Å²) in [6.45, 7) is 0. The van der Waals surface area contributed by atoms with Gasteiger partial charge >= 0.3 is 0 Å². The van der Waals surface area contributed by atoms with Crippen molar-refractivity contribution < 1.29 is 13.9 Å². The van der Waals surface area contributed by atoms with Crippen molar-refractivity contribution in [3.8, 4) is 11.5 Å². The molecule has 0 unspecified atom stereocenters. The summed E-state index contributed by atoms with van der Waals surface area (Å²) in [7, 11) is 3.13. The maximum absolute atomic E-state index is 13.0. The number of nitrogens with zero attached hydrogens (tertiary/aromatic N) is 3. The van der Waals surface area contributed by atoms with E-state index in [9.17, 15) is 9.18 Å². The number of aromatic nitrogens is 3. The minimum Gasteiger partial charge on any atom is -0.493 e. The van der Waals surface area contributed by atoms with Crippen LogP contribution in [0.3, 0.4) is 0 Å². The second-order valence-corrected chi connectivity index (χ2v) is 7.09. The summed E-state index contributed by atoms with van der Waals surface area (Å²) in [4.78, 5) is 17.5. The Bertz CT molecular complexity index is 1310. The van der Waals surface area contributed by atoms with E-state index in [1.165, 1.54) is 28.0 Å². The summed E-state index contributed by atoms with van der Waals surface area (Å²) in [5.41, 5.74) is 1.38. The summed E-state index contributed by atoms with van der Waals surface area (Å²) in [5, 5.41) is 4.25. The van der Waals surface area contributed by atoms with E-state index in [1.807, 2.05) is 6.07 Å². The molecule has 29 heavy (non-hydrogen) atoms. The van der Waals surface area contributed by atoms with E-state index < -0.39 is 0 Å². The van der Waals surface area contributed by atoms with E-state index in [0.29, 0.717) is 26.8 Å². The molecule has 0 spiro atoms. The molecular weight excluding hydrogens is 393 g/mol. The Balaban J connectivity index is 1.65. The molecule has 0 aliphatic rings. The highest BCUT2D eigenvalue weighted by Gasteiger charge is 2.10. The van der Waals surface area contributed by atoms with Crippen LogP contribution in [0.15, 0.2) is 47.3 Å². The van der Waals surface area contributed by atoms with Crippen molar-refractivity contribution in [3.63, 3.8) is 0 Å². The number of hydrogen-bond acceptors (Lipinski definition) is 6. The molecule has 2 aromatic heterocycles. The average molecular weight is 409 g/mol. The van der Waals surface area contributed by atoms with Gasteiger partial charge in [0.05, 0.1) is 18.8 Å². The van der Waals surface area contributed by atoms with Crippen LogP contribution < -0.4 is 19.6 Å². The van der Waals surface area contributed by atoms with E-state index in [-0.39, 0.29) is 11.4 Å². The van der Waals surface area contributed by atoms with Gasteiger partial charge in [-0.15, -0.1) is 5.10 Å². The molecular formula is C21H16FN3O3S. The van der Waals surface area contributed by atoms with Gasteiger partial charge in [0.25, 0.3) is 5.56 Å². The lowest BCUT2D eigenvalue weighted by atomic mass is 10.2. The normalized spacial score (nSPS) is 12.2. The summed E-state index contributed by atoms with van der Waals surface area (Å²) in [6.07, 6.45) is 5.21. The molecule has 2 aromatic carbocycles. The molecule has 2 heterocycles. The van der Waals surface area contributed by atoms with Gasteiger partial charge in [-0.1, -0.05) is 35.6 Å². The summed E-state index contributed by atoms with van der Waals surface area (Å²) < 4.78 is 25.3. The van der Waals surface area contributed by atoms with Gasteiger partial charge in [0.15, 0.2) is 17.3 Å². The van der Waals surface area contributed by atoms with Gasteiger partial charge in [0.1, 0.15) is 5.82 Å². The summed E-state index contributed by atoms with van der Waals surface area (Å²) >= 11 is 1.25. The second-order valence-electron chi connectivity index (χ2n) is 6.08. The lowest BCUT2D eigenvalue weighted by Crippen LogP contribution is -2.23. The minimum atomic E-state index is -0.294. The number of hydrogen-bond donors (Lipinski definition) is 0. The second kappa shape index (κ2) is 7.84. The molecule has 0 saturated heterocycles. The van der Waals surface area contributed by atoms with Gasteiger partial charge < -0.3 is 9.47 Å². The largest absolute Gasteiger partial charge is 0.493 e. The smallest absolute Gasteiger partial charge is 0.291 e. The first-order valence-electron chi connectivity index (χ1n) is 8.64. The molecule has 0 atom stereocenters. The number of ether oxygens (including phenoxy) is 2. The fourth-order valence-corrected chi connectivity index (χ4v) is 3.67. The fourth-order valence-electron chi connectivity index (χ4n) is 2.76. The molecule has 0 aliphatic carbocycles. The molecule has 8 heteroatoms. The predicted molar refractivity (Wildman–Crippen MR) is 111 cm³/mol. The maximum atomic E-state index is 13.0. The molecule has 0 amide bonds. The van der Waals surface area contributed by atoms with Crippen molar-refractivity contribution in [1.82, 2.24) is 14.6 Å². The first-order chi connectivity index (χ1) is 14.1. The molecule has 0 aliphatic heterocycles. The minimum absolute atomic E-state index is 0.242. The topological polar surface area (TPSA) is 65.7 Å². The van der Waals surface area contributed by atoms with Crippen molar-refractivity contribution in [2.75, 3.05) is 14.2 Å². The zero-order valence-corrected chi connectivity index (χ0v) is 16.4. The zero-order valence-electron chi connectivity index (χ0n) is 15.6. The molecule has 146 valence electrons. The van der Waals surface area contributed by atoms with Gasteiger partial charge in [-0.25, -0.2) is 4.39 Å². The monoisotopic (exact) mass is 409 g/mol. The van der Waals surface area contributed by atoms with Crippen LogP contribution in [0.1, 0.15) is 17.0 Å². The zero-order chi connectivity index (χ0) is 20.4. The summed E-state index contributed by atoms with van der Waals surface area (Å²) in [6, 6.07) is 11.5. The fraction of sp³-hybridized carbons (Fsp3) is 0.0952. The van der Waals surface area contributed by atoms with Crippen LogP contribution >= 0.6 is 11.3 Å². The Labute approximate surface area is 169 Å². The van der Waals surface area contributed by atoms with Crippen LogP contribution in [-0.2, 0) is 0 Å². The Kier molecular flexibility index (Phi) is 5.09. The Morgan fingerprint density at radius 2 is 1.72 bits per heavy atom. The highest BCUT2D eigenvalue weighted by molar-refractivity contribution is 7.15. The van der Waals surface area contributed by atoms with E-state index in [1.54, 1.807) is 56.7 Å². The van der Waals surface area contributed by atoms with Gasteiger partial charge in [-0.2, -0.15) is 9.50 Å². The Morgan fingerprint density at radius 1 is 1.00 bits per heavy atom. The molecule has 0 N–H and O–H groups in total. The van der Waals surface area contributed by atoms with Crippen LogP contribution in [0, 0.1) is 5.82 Å². The molecule has 0 saturated carbocycles. The van der Waals surface area contributed by atoms with Crippen LogP contribution in [0.5, 0.6) is 11.5 Å². The predicted octanol–water partition coefficient (Wildman–Crippen LogP) is 3.03. The number of benzene rings is 2. The number of fused-ring (bicyclic) bond motifs is 1. The Hall–Kier alpha value is -3.52. The van der Waals surface area contributed by atoms with Crippen LogP contribution in [-0.4, -0.2) is 28.8 Å². The highest BCUT2D eigenvalue weighted by Crippen LogP contribution is 2.27. The average Bonchev–Trinajstić information content (AvgIpc) is 3.26. The van der Waals surface area contributed by atoms with E-state index in [0.717, 1.165) is 11.1 Å². The third-order valence-electron chi connectivity index (χ3n) is 4.20. The number of halogens is 1. The van der Waals surface area contributed by atoms with E-state index in [4.69, 9.17) is 9.47 Å². The van der Waals surface area contributed by atoms with Crippen molar-refractivity contribution >= 4 is 34.5 Å². The van der Waals surface area contributed by atoms with Gasteiger partial charge in [0, 0.05) is 0 Å². The molecule has 0 radical (unpaired) electrons. The third kappa shape index (κ3) is 3.88. The lowest BCUT2D eigenvalue weighted by Gasteiger charge is -2.07. The van der Waals surface area contributed by atoms with E-state index >= 15 is 0 Å². The van der Waals surface area contributed by atoms with Gasteiger partial charge in [-0.05, 0) is 47.5 Å². The van der Waals surface area contributed by atoms with Crippen LogP contribution in [0.2, 0.25) is 0 Å². The summed E-state index contributed by atoms with van der Waals surface area (Å²) in [5.74, 6) is 1.32. The first kappa shape index (κ1) is 18.8.